The third-order valence-electron chi connectivity index (χ3n) is 6.71. The molecule has 1 aliphatic rings. The molecule has 0 unspecified atom stereocenters. The molecule has 0 spiro atoms. The molecule has 0 saturated heterocycles. The second kappa shape index (κ2) is 7.76. The van der Waals surface area contributed by atoms with Crippen molar-refractivity contribution < 1.29 is 9.59 Å². The molecule has 0 bridgehead atoms. The van der Waals surface area contributed by atoms with Crippen molar-refractivity contribution in [1.82, 2.24) is 14.5 Å². The number of benzene rings is 2. The maximum atomic E-state index is 13.1. The van der Waals surface area contributed by atoms with Crippen LogP contribution in [-0.2, 0) is 17.3 Å². The van der Waals surface area contributed by atoms with Crippen LogP contribution in [-0.4, -0.2) is 32.9 Å². The quantitative estimate of drug-likeness (QED) is 0.406. The van der Waals surface area contributed by atoms with E-state index in [0.717, 1.165) is 52.4 Å². The first-order valence-corrected chi connectivity index (χ1v) is 11.5. The van der Waals surface area contributed by atoms with Gasteiger partial charge in [0.15, 0.2) is 0 Å². The number of aromatic amines is 1. The predicted molar refractivity (Wildman–Crippen MR) is 132 cm³/mol. The number of nitrogens with zero attached hydrogens (tertiary/aromatic N) is 3. The predicted octanol–water partition coefficient (Wildman–Crippen LogP) is 5.12. The highest BCUT2D eigenvalue weighted by atomic mass is 16.2. The molecular weight excluding hydrogens is 414 g/mol. The minimum Gasteiger partial charge on any atom is -0.351 e. The van der Waals surface area contributed by atoms with Crippen LogP contribution in [0.15, 0.2) is 42.6 Å². The van der Waals surface area contributed by atoms with Gasteiger partial charge in [0.1, 0.15) is 0 Å². The summed E-state index contributed by atoms with van der Waals surface area (Å²) in [6.07, 6.45) is 5.15. The molecule has 3 heterocycles. The number of unbranched alkanes of at least 4 members (excludes halogenated alkanes) is 2. The van der Waals surface area contributed by atoms with Crippen LogP contribution >= 0.6 is 0 Å². The van der Waals surface area contributed by atoms with Crippen molar-refractivity contribution in [1.29, 1.82) is 0 Å². The van der Waals surface area contributed by atoms with E-state index in [9.17, 15) is 9.59 Å². The lowest BCUT2D eigenvalue weighted by Crippen LogP contribution is -2.36. The molecule has 0 saturated carbocycles. The molecule has 1 aliphatic heterocycles. The van der Waals surface area contributed by atoms with Crippen LogP contribution in [0.3, 0.4) is 0 Å². The standard InChI is InChI=1S/C26H29N5O2/c1-5-6-7-11-31-22-15-20-19(14-18(22)26(2,3)24(31)33)27-25(28-20)29-23(32)17-8-9-21-16(13-17)10-12-30(21)4/h8-10,12-15H,5-7,11H2,1-4H3,(H2,27,28,29,32). The Morgan fingerprint density at radius 2 is 1.97 bits per heavy atom. The van der Waals surface area contributed by atoms with Gasteiger partial charge < -0.3 is 14.5 Å². The number of carbonyl (C=O) groups excluding carboxylic acids is 2. The zero-order chi connectivity index (χ0) is 23.3. The summed E-state index contributed by atoms with van der Waals surface area (Å²) in [5.41, 5.74) is 4.51. The molecule has 7 nitrogen and oxygen atoms in total. The third-order valence-corrected chi connectivity index (χ3v) is 6.71. The number of H-pyrrole nitrogens is 1. The molecular formula is C26H29N5O2. The number of aryl methyl sites for hydroxylation is 1. The van der Waals surface area contributed by atoms with Gasteiger partial charge >= 0.3 is 0 Å². The number of rotatable bonds is 6. The van der Waals surface area contributed by atoms with E-state index in [2.05, 4.69) is 22.2 Å². The van der Waals surface area contributed by atoms with Gasteiger partial charge in [0.2, 0.25) is 11.9 Å². The van der Waals surface area contributed by atoms with Gasteiger partial charge in [-0.15, -0.1) is 0 Å². The topological polar surface area (TPSA) is 83.0 Å². The Morgan fingerprint density at radius 1 is 1.15 bits per heavy atom. The highest BCUT2D eigenvalue weighted by Crippen LogP contribution is 2.43. The summed E-state index contributed by atoms with van der Waals surface area (Å²) in [5.74, 6) is 0.309. The SMILES string of the molecule is CCCCCN1C(=O)C(C)(C)c2cc3[nH]c(NC(=O)c4ccc5c(ccn5C)c4)nc3cc21. The fourth-order valence-corrected chi connectivity index (χ4v) is 4.74. The van der Waals surface area contributed by atoms with E-state index in [4.69, 9.17) is 0 Å². The number of nitrogens with one attached hydrogen (secondary N) is 2. The lowest BCUT2D eigenvalue weighted by atomic mass is 9.86. The van der Waals surface area contributed by atoms with Crippen LogP contribution in [0.2, 0.25) is 0 Å². The van der Waals surface area contributed by atoms with Crippen molar-refractivity contribution in [2.24, 2.45) is 7.05 Å². The van der Waals surface area contributed by atoms with Gasteiger partial charge in [-0.25, -0.2) is 4.98 Å². The van der Waals surface area contributed by atoms with Crippen LogP contribution in [0.4, 0.5) is 11.6 Å². The highest BCUT2D eigenvalue weighted by molar-refractivity contribution is 6.10. The highest BCUT2D eigenvalue weighted by Gasteiger charge is 2.44. The first kappa shape index (κ1) is 21.2. The van der Waals surface area contributed by atoms with E-state index in [0.29, 0.717) is 18.1 Å². The molecule has 0 aliphatic carbocycles. The maximum Gasteiger partial charge on any atom is 0.257 e. The van der Waals surface area contributed by atoms with Crippen LogP contribution in [0.5, 0.6) is 0 Å². The van der Waals surface area contributed by atoms with E-state index < -0.39 is 5.41 Å². The maximum absolute atomic E-state index is 13.1. The second-order valence-electron chi connectivity index (χ2n) is 9.42. The molecule has 5 rings (SSSR count). The number of fused-ring (bicyclic) bond motifs is 3. The summed E-state index contributed by atoms with van der Waals surface area (Å²) in [5, 5.41) is 3.90. The summed E-state index contributed by atoms with van der Waals surface area (Å²) in [7, 11) is 1.98. The molecule has 0 radical (unpaired) electrons. The van der Waals surface area contributed by atoms with Gasteiger partial charge in [-0.2, -0.15) is 0 Å². The van der Waals surface area contributed by atoms with E-state index in [1.165, 1.54) is 0 Å². The molecule has 7 heteroatoms. The fourth-order valence-electron chi connectivity index (χ4n) is 4.74. The molecule has 2 aromatic heterocycles. The normalized spacial score (nSPS) is 14.9. The molecule has 2 amide bonds. The Labute approximate surface area is 192 Å². The lowest BCUT2D eigenvalue weighted by molar-refractivity contribution is -0.122. The largest absolute Gasteiger partial charge is 0.351 e. The molecule has 4 aromatic rings. The van der Waals surface area contributed by atoms with E-state index in [1.807, 2.05) is 73.0 Å². The van der Waals surface area contributed by atoms with Crippen LogP contribution in [0, 0.1) is 0 Å². The summed E-state index contributed by atoms with van der Waals surface area (Å²) in [6.45, 7) is 6.81. The Balaban J connectivity index is 1.44. The van der Waals surface area contributed by atoms with Crippen LogP contribution in [0.1, 0.15) is 56.0 Å². The minimum absolute atomic E-state index is 0.131. The van der Waals surface area contributed by atoms with Gasteiger partial charge in [-0.1, -0.05) is 19.8 Å². The summed E-state index contributed by atoms with van der Waals surface area (Å²) >= 11 is 0. The number of anilines is 2. The van der Waals surface area contributed by atoms with Crippen molar-refractivity contribution in [3.8, 4) is 0 Å². The summed E-state index contributed by atoms with van der Waals surface area (Å²) < 4.78 is 2.02. The minimum atomic E-state index is -0.588. The van der Waals surface area contributed by atoms with Crippen LogP contribution < -0.4 is 10.2 Å². The molecule has 0 atom stereocenters. The number of carbonyl (C=O) groups is 2. The van der Waals surface area contributed by atoms with Crippen molar-refractivity contribution in [2.45, 2.75) is 45.4 Å². The van der Waals surface area contributed by atoms with E-state index in [1.54, 1.807) is 0 Å². The fraction of sp³-hybridized carbons (Fsp3) is 0.346. The number of hydrogen-bond acceptors (Lipinski definition) is 3. The van der Waals surface area contributed by atoms with Crippen molar-refractivity contribution in [2.75, 3.05) is 16.8 Å². The molecule has 170 valence electrons. The first-order valence-electron chi connectivity index (χ1n) is 11.5. The summed E-state index contributed by atoms with van der Waals surface area (Å²) in [6, 6.07) is 11.6. The van der Waals surface area contributed by atoms with E-state index in [-0.39, 0.29) is 11.8 Å². The summed E-state index contributed by atoms with van der Waals surface area (Å²) in [4.78, 5) is 35.6. The van der Waals surface area contributed by atoms with E-state index >= 15 is 0 Å². The molecule has 2 aromatic carbocycles. The average Bonchev–Trinajstić information content (AvgIpc) is 3.41. The van der Waals surface area contributed by atoms with Gasteiger partial charge in [-0.3, -0.25) is 14.9 Å². The van der Waals surface area contributed by atoms with Gasteiger partial charge in [0.25, 0.3) is 5.91 Å². The Hall–Kier alpha value is -3.61. The number of aromatic nitrogens is 3. The van der Waals surface area contributed by atoms with Gasteiger partial charge in [0.05, 0.1) is 22.1 Å². The third kappa shape index (κ3) is 3.48. The van der Waals surface area contributed by atoms with Crippen LogP contribution in [0.25, 0.3) is 21.9 Å². The number of hydrogen-bond donors (Lipinski definition) is 2. The first-order chi connectivity index (χ1) is 15.8. The van der Waals surface area contributed by atoms with Crippen molar-refractivity contribution >= 4 is 45.4 Å². The Kier molecular flexibility index (Phi) is 5.00. The van der Waals surface area contributed by atoms with Crippen molar-refractivity contribution in [3.05, 3.63) is 53.7 Å². The van der Waals surface area contributed by atoms with Gasteiger partial charge in [0, 0.05) is 36.3 Å². The second-order valence-corrected chi connectivity index (χ2v) is 9.42. The zero-order valence-corrected chi connectivity index (χ0v) is 19.5. The average molecular weight is 444 g/mol. The van der Waals surface area contributed by atoms with Gasteiger partial charge in [-0.05, 0) is 62.2 Å². The molecule has 2 N–H and O–H groups in total. The number of amides is 2. The zero-order valence-electron chi connectivity index (χ0n) is 19.5. The van der Waals surface area contributed by atoms with Crippen molar-refractivity contribution in [3.63, 3.8) is 0 Å². The Bertz CT molecular complexity index is 1390. The smallest absolute Gasteiger partial charge is 0.257 e. The monoisotopic (exact) mass is 443 g/mol. The Morgan fingerprint density at radius 3 is 2.76 bits per heavy atom. The molecule has 33 heavy (non-hydrogen) atoms. The lowest BCUT2D eigenvalue weighted by Gasteiger charge is -2.20. The number of imidazole rings is 1. The molecule has 0 fully saturated rings.